The average molecular weight is 256 g/mol. The van der Waals surface area contributed by atoms with E-state index in [2.05, 4.69) is 15.4 Å². The number of carbonyl (C=O) groups is 1. The van der Waals surface area contributed by atoms with Gasteiger partial charge in [-0.3, -0.25) is 9.52 Å². The molecule has 0 aliphatic carbocycles. The molecule has 17 heavy (non-hydrogen) atoms. The van der Waals surface area contributed by atoms with Crippen molar-refractivity contribution in [2.45, 2.75) is 20.8 Å². The Kier molecular flexibility index (Phi) is 6.17. The van der Waals surface area contributed by atoms with Gasteiger partial charge in [-0.05, 0) is 32.9 Å². The van der Waals surface area contributed by atoms with Crippen LogP contribution >= 0.6 is 0 Å². The van der Waals surface area contributed by atoms with E-state index in [4.69, 9.17) is 0 Å². The Morgan fingerprint density at radius 2 is 1.88 bits per heavy atom. The molecule has 0 radical (unpaired) electrons. The molecular formula is C11H16N2O3S. The van der Waals surface area contributed by atoms with Gasteiger partial charge in [0.05, 0.1) is 6.26 Å². The number of sulfonamides is 1. The van der Waals surface area contributed by atoms with Crippen molar-refractivity contribution in [3.63, 3.8) is 0 Å². The summed E-state index contributed by atoms with van der Waals surface area (Å²) in [5.41, 5.74) is 3.33. The lowest BCUT2D eigenvalue weighted by molar-refractivity contribution is -0.112. The zero-order valence-electron chi connectivity index (χ0n) is 10.3. The summed E-state index contributed by atoms with van der Waals surface area (Å²) in [5, 5.41) is 0. The highest BCUT2D eigenvalue weighted by atomic mass is 32.2. The van der Waals surface area contributed by atoms with E-state index in [0.717, 1.165) is 6.26 Å². The molecule has 0 amide bonds. The van der Waals surface area contributed by atoms with Gasteiger partial charge in [-0.1, -0.05) is 11.8 Å². The number of hydrogen-bond acceptors (Lipinski definition) is 4. The summed E-state index contributed by atoms with van der Waals surface area (Å²) in [6.45, 7) is 4.88. The zero-order valence-corrected chi connectivity index (χ0v) is 11.1. The highest BCUT2D eigenvalue weighted by molar-refractivity contribution is 7.88. The summed E-state index contributed by atoms with van der Waals surface area (Å²) < 4.78 is 24.3. The molecule has 0 saturated carbocycles. The highest BCUT2D eigenvalue weighted by Gasteiger charge is 2.01. The number of aliphatic imine (C=N–C) groups is 1. The van der Waals surface area contributed by atoms with Crippen molar-refractivity contribution in [3.8, 4) is 0 Å². The fourth-order valence-corrected chi connectivity index (χ4v) is 1.25. The molecule has 0 fully saturated rings. The third-order valence-electron chi connectivity index (χ3n) is 1.26. The van der Waals surface area contributed by atoms with Crippen LogP contribution in [-0.4, -0.2) is 26.2 Å². The Balaban J connectivity index is 5.12. The Hall–Kier alpha value is -1.65. The third-order valence-corrected chi connectivity index (χ3v) is 1.83. The van der Waals surface area contributed by atoms with Crippen LogP contribution < -0.4 is 4.72 Å². The Morgan fingerprint density at radius 3 is 2.29 bits per heavy atom. The number of nitrogens with zero attached hydrogens (tertiary/aromatic N) is 1. The molecule has 0 aliphatic heterocycles. The molecule has 0 atom stereocenters. The number of nitrogens with one attached hydrogen (secondary N) is 1. The van der Waals surface area contributed by atoms with Crippen LogP contribution in [0.4, 0.5) is 0 Å². The molecule has 0 aromatic carbocycles. The minimum absolute atomic E-state index is 0.0840. The van der Waals surface area contributed by atoms with Gasteiger partial charge in [0.1, 0.15) is 0 Å². The molecule has 0 spiro atoms. The van der Waals surface area contributed by atoms with Crippen molar-refractivity contribution in [2.75, 3.05) is 6.26 Å². The summed E-state index contributed by atoms with van der Waals surface area (Å²) >= 11 is 0. The molecule has 0 rings (SSSR count). The predicted octanol–water partition coefficient (Wildman–Crippen LogP) is 1.16. The second-order valence-corrected chi connectivity index (χ2v) is 5.31. The first-order valence-corrected chi connectivity index (χ1v) is 6.73. The number of hydrogen-bond donors (Lipinski definition) is 1. The van der Waals surface area contributed by atoms with Crippen molar-refractivity contribution < 1.29 is 13.2 Å². The van der Waals surface area contributed by atoms with Crippen LogP contribution in [0.3, 0.4) is 0 Å². The standard InChI is InChI=1S/C11H16N2O3S/c1-9(2)12-11(13-17(4,15)16)8-6-5-7-10(3)14/h5-7,13H,1-4H3/b7-5+. The Morgan fingerprint density at radius 1 is 1.29 bits per heavy atom. The molecule has 0 unspecified atom stereocenters. The minimum Gasteiger partial charge on any atom is -0.295 e. The van der Waals surface area contributed by atoms with E-state index in [1.165, 1.54) is 25.2 Å². The maximum atomic E-state index is 11.0. The lowest BCUT2D eigenvalue weighted by Crippen LogP contribution is -2.20. The smallest absolute Gasteiger partial charge is 0.231 e. The van der Waals surface area contributed by atoms with Gasteiger partial charge in [0, 0.05) is 5.71 Å². The van der Waals surface area contributed by atoms with Gasteiger partial charge in [-0.25, -0.2) is 13.4 Å². The fourth-order valence-electron chi connectivity index (χ4n) is 0.794. The number of rotatable bonds is 5. The quantitative estimate of drug-likeness (QED) is 0.347. The van der Waals surface area contributed by atoms with E-state index >= 15 is 0 Å². The molecule has 94 valence electrons. The molecule has 0 aromatic heterocycles. The summed E-state index contributed by atoms with van der Waals surface area (Å²) in [5.74, 6) is -0.0171. The SMILES string of the molecule is CC(=O)/C=C/C=C=C(N=C(C)C)NS(C)(=O)=O. The average Bonchev–Trinajstić information content (AvgIpc) is 2.08. The number of carbonyl (C=O) groups excluding carboxylic acids is 1. The molecule has 0 aromatic rings. The number of ketones is 1. The van der Waals surface area contributed by atoms with Crippen molar-refractivity contribution >= 4 is 21.5 Å². The van der Waals surface area contributed by atoms with E-state index in [1.807, 2.05) is 0 Å². The van der Waals surface area contributed by atoms with Gasteiger partial charge in [0.25, 0.3) is 0 Å². The van der Waals surface area contributed by atoms with E-state index in [-0.39, 0.29) is 11.6 Å². The van der Waals surface area contributed by atoms with Gasteiger partial charge in [-0.15, -0.1) is 0 Å². The van der Waals surface area contributed by atoms with Gasteiger partial charge in [0.15, 0.2) is 11.6 Å². The van der Waals surface area contributed by atoms with Crippen LogP contribution in [-0.2, 0) is 14.8 Å². The van der Waals surface area contributed by atoms with Crippen LogP contribution in [0.15, 0.2) is 34.8 Å². The summed E-state index contributed by atoms with van der Waals surface area (Å²) in [6, 6.07) is 0. The molecule has 5 nitrogen and oxygen atoms in total. The lowest BCUT2D eigenvalue weighted by Gasteiger charge is -2.01. The van der Waals surface area contributed by atoms with Crippen LogP contribution in [0.2, 0.25) is 0 Å². The van der Waals surface area contributed by atoms with E-state index in [0.29, 0.717) is 5.71 Å². The maximum Gasteiger partial charge on any atom is 0.231 e. The largest absolute Gasteiger partial charge is 0.295 e. The van der Waals surface area contributed by atoms with E-state index in [9.17, 15) is 13.2 Å². The second-order valence-electron chi connectivity index (χ2n) is 3.56. The molecule has 1 N–H and O–H groups in total. The third kappa shape index (κ3) is 10.6. The van der Waals surface area contributed by atoms with Crippen LogP contribution in [0.25, 0.3) is 0 Å². The summed E-state index contributed by atoms with van der Waals surface area (Å²) in [7, 11) is -3.39. The van der Waals surface area contributed by atoms with Crippen molar-refractivity contribution in [3.05, 3.63) is 29.8 Å². The summed E-state index contributed by atoms with van der Waals surface area (Å²) in [4.78, 5) is 14.6. The topological polar surface area (TPSA) is 75.6 Å². The van der Waals surface area contributed by atoms with Crippen LogP contribution in [0.5, 0.6) is 0 Å². The molecule has 0 heterocycles. The van der Waals surface area contributed by atoms with Gasteiger partial charge < -0.3 is 0 Å². The summed E-state index contributed by atoms with van der Waals surface area (Å²) in [6.07, 6.45) is 5.25. The second kappa shape index (κ2) is 6.83. The maximum absolute atomic E-state index is 11.0. The molecule has 0 saturated heterocycles. The van der Waals surface area contributed by atoms with Gasteiger partial charge in [0.2, 0.25) is 10.0 Å². The van der Waals surface area contributed by atoms with Crippen molar-refractivity contribution in [1.29, 1.82) is 0 Å². The lowest BCUT2D eigenvalue weighted by atomic mass is 10.4. The number of allylic oxidation sites excluding steroid dienone is 3. The normalized spacial score (nSPS) is 10.6. The van der Waals surface area contributed by atoms with Crippen LogP contribution in [0.1, 0.15) is 20.8 Å². The van der Waals surface area contributed by atoms with Crippen molar-refractivity contribution in [1.82, 2.24) is 4.72 Å². The first kappa shape index (κ1) is 15.3. The Labute approximate surface area is 102 Å². The van der Waals surface area contributed by atoms with Gasteiger partial charge in [-0.2, -0.15) is 0 Å². The van der Waals surface area contributed by atoms with E-state index < -0.39 is 10.0 Å². The first-order chi connectivity index (χ1) is 7.70. The monoisotopic (exact) mass is 256 g/mol. The van der Waals surface area contributed by atoms with Crippen LogP contribution in [0, 0.1) is 0 Å². The molecule has 0 aliphatic rings. The van der Waals surface area contributed by atoms with Gasteiger partial charge >= 0.3 is 0 Å². The minimum atomic E-state index is -3.39. The predicted molar refractivity (Wildman–Crippen MR) is 68.2 cm³/mol. The Bertz CT molecular complexity index is 503. The zero-order chi connectivity index (χ0) is 13.5. The fraction of sp³-hybridized carbons (Fsp3) is 0.364. The highest BCUT2D eigenvalue weighted by Crippen LogP contribution is 1.94. The molecule has 0 bridgehead atoms. The molecule has 6 heteroatoms. The first-order valence-electron chi connectivity index (χ1n) is 4.84. The molecular weight excluding hydrogens is 240 g/mol. The van der Waals surface area contributed by atoms with Crippen molar-refractivity contribution in [2.24, 2.45) is 4.99 Å². The van der Waals surface area contributed by atoms with E-state index in [1.54, 1.807) is 13.8 Å².